The van der Waals surface area contributed by atoms with E-state index in [2.05, 4.69) is 30.3 Å². The molecule has 240 valence electrons. The van der Waals surface area contributed by atoms with Crippen LogP contribution in [0, 0.1) is 11.3 Å². The predicted molar refractivity (Wildman–Crippen MR) is 200 cm³/mol. The lowest BCUT2D eigenvalue weighted by atomic mass is 9.66. The van der Waals surface area contributed by atoms with E-state index in [1.54, 1.807) is 21.9 Å². The number of rotatable bonds is 4. The summed E-state index contributed by atoms with van der Waals surface area (Å²) in [7, 11) is 0. The number of esters is 2. The fourth-order valence-electron chi connectivity index (χ4n) is 16.4. The SMILES string of the molecule is CCOC(=O)C1(C(=O)OCC)C2CC3c4ccc5c6ccc7c8c9c%10c%11c%12c%13c%14c(c3c3c4c5c4c6c7c9c5c%11c%14c3c54)[C@]21C%13CCC%12C%10CC=8. The molecule has 5 unspecified atom stereocenters. The largest absolute Gasteiger partial charge is 0.465 e. The summed E-state index contributed by atoms with van der Waals surface area (Å²) in [6, 6.07) is 9.77. The monoisotopic (exact) mass is 656 g/mol. The van der Waals surface area contributed by atoms with Crippen LogP contribution in [-0.4, -0.2) is 25.2 Å². The lowest BCUT2D eigenvalue weighted by molar-refractivity contribution is -0.166. The molecule has 7 aliphatic rings. The maximum Gasteiger partial charge on any atom is 0.324 e. The van der Waals surface area contributed by atoms with Crippen LogP contribution in [0.25, 0.3) is 103 Å². The molecule has 0 bridgehead atoms. The van der Waals surface area contributed by atoms with E-state index in [9.17, 15) is 9.59 Å². The van der Waals surface area contributed by atoms with Gasteiger partial charge in [-0.15, -0.1) is 0 Å². The van der Waals surface area contributed by atoms with Gasteiger partial charge in [-0.1, -0.05) is 30.3 Å². The van der Waals surface area contributed by atoms with E-state index in [1.165, 1.54) is 114 Å². The van der Waals surface area contributed by atoms with Crippen molar-refractivity contribution in [1.29, 1.82) is 0 Å². The predicted octanol–water partition coefficient (Wildman–Crippen LogP) is 9.50. The lowest BCUT2D eigenvalue weighted by Gasteiger charge is -2.36. The molecule has 4 nitrogen and oxygen atoms in total. The maximum absolute atomic E-state index is 14.8. The second-order valence-corrected chi connectivity index (χ2v) is 17.7. The fourth-order valence-corrected chi connectivity index (χ4v) is 16.4. The van der Waals surface area contributed by atoms with E-state index in [1.807, 2.05) is 13.8 Å². The number of hydrogen-bond acceptors (Lipinski definition) is 4. The lowest BCUT2D eigenvalue weighted by Crippen LogP contribution is -2.39. The van der Waals surface area contributed by atoms with E-state index in [0.717, 1.165) is 25.7 Å². The summed E-state index contributed by atoms with van der Waals surface area (Å²) in [6.07, 6.45) is 6.62. The van der Waals surface area contributed by atoms with Crippen molar-refractivity contribution in [2.45, 2.75) is 68.6 Å². The molecule has 0 heterocycles. The van der Waals surface area contributed by atoms with E-state index < -0.39 is 10.8 Å². The molecule has 10 aromatic carbocycles. The molecule has 0 N–H and O–H groups in total. The molecule has 4 heteroatoms. The summed E-state index contributed by atoms with van der Waals surface area (Å²) in [5.74, 6) is 0.449. The molecule has 17 rings (SSSR count). The van der Waals surface area contributed by atoms with Crippen molar-refractivity contribution in [1.82, 2.24) is 0 Å². The van der Waals surface area contributed by atoms with Crippen LogP contribution in [0.4, 0.5) is 0 Å². The van der Waals surface area contributed by atoms with Gasteiger partial charge in [-0.05, 0) is 199 Å². The first-order valence-electron chi connectivity index (χ1n) is 19.5. The molecule has 6 atom stereocenters. The molecule has 7 aliphatic carbocycles. The Hall–Kier alpha value is -4.96. The third kappa shape index (κ3) is 1.72. The molecular weight excluding hydrogens is 629 g/mol. The topological polar surface area (TPSA) is 52.6 Å². The highest BCUT2D eigenvalue weighted by molar-refractivity contribution is 6.61. The van der Waals surface area contributed by atoms with E-state index >= 15 is 0 Å². The summed E-state index contributed by atoms with van der Waals surface area (Å²) in [5.41, 5.74) is 7.09. The van der Waals surface area contributed by atoms with Gasteiger partial charge in [-0.3, -0.25) is 9.59 Å². The second kappa shape index (κ2) is 6.49. The van der Waals surface area contributed by atoms with Crippen molar-refractivity contribution >= 4 is 115 Å². The first-order valence-corrected chi connectivity index (χ1v) is 19.5. The smallest absolute Gasteiger partial charge is 0.324 e. The van der Waals surface area contributed by atoms with Crippen LogP contribution >= 0.6 is 0 Å². The quantitative estimate of drug-likeness (QED) is 0.108. The first kappa shape index (κ1) is 24.3. The van der Waals surface area contributed by atoms with Crippen molar-refractivity contribution in [3.05, 3.63) is 62.9 Å². The average Bonchev–Trinajstić information content (AvgIpc) is 3.75. The zero-order valence-corrected chi connectivity index (χ0v) is 28.1. The first-order chi connectivity index (χ1) is 25.1. The highest BCUT2D eigenvalue weighted by Gasteiger charge is 2.91. The van der Waals surface area contributed by atoms with Gasteiger partial charge in [-0.25, -0.2) is 0 Å². The molecular formula is C47H28O4. The van der Waals surface area contributed by atoms with Gasteiger partial charge in [0.1, 0.15) is 0 Å². The minimum Gasteiger partial charge on any atom is -0.465 e. The molecule has 1 spiro atoms. The Kier molecular flexibility index (Phi) is 3.09. The zero-order valence-electron chi connectivity index (χ0n) is 28.1. The van der Waals surface area contributed by atoms with Crippen LogP contribution in [0.15, 0.2) is 24.3 Å². The number of hydrogen-bond donors (Lipinski definition) is 0. The third-order valence-corrected chi connectivity index (χ3v) is 17.1. The summed E-state index contributed by atoms with van der Waals surface area (Å²) < 4.78 is 12.1. The Bertz CT molecular complexity index is 3510. The Morgan fingerprint density at radius 1 is 0.627 bits per heavy atom. The molecule has 0 aromatic heterocycles. The normalized spacial score (nSPS) is 29.6. The van der Waals surface area contributed by atoms with Gasteiger partial charge in [0, 0.05) is 11.3 Å². The Morgan fingerprint density at radius 2 is 1.27 bits per heavy atom. The van der Waals surface area contributed by atoms with Gasteiger partial charge < -0.3 is 9.47 Å². The van der Waals surface area contributed by atoms with Crippen molar-refractivity contribution in [3.63, 3.8) is 0 Å². The zero-order chi connectivity index (χ0) is 32.7. The minimum absolute atomic E-state index is 0.122. The molecule has 1 saturated carbocycles. The van der Waals surface area contributed by atoms with Gasteiger partial charge in [-0.2, -0.15) is 0 Å². The van der Waals surface area contributed by atoms with Crippen LogP contribution in [0.2, 0.25) is 0 Å². The summed E-state index contributed by atoms with van der Waals surface area (Å²) in [4.78, 5) is 29.6. The summed E-state index contributed by atoms with van der Waals surface area (Å²) in [6.45, 7) is 4.28. The summed E-state index contributed by atoms with van der Waals surface area (Å²) in [5, 5.41) is 28.3. The molecule has 1 fully saturated rings. The molecule has 0 amide bonds. The van der Waals surface area contributed by atoms with Gasteiger partial charge >= 0.3 is 11.9 Å². The van der Waals surface area contributed by atoms with E-state index in [0.29, 0.717) is 11.8 Å². The number of carbonyl (C=O) groups is 2. The highest BCUT2D eigenvalue weighted by Crippen LogP contribution is 2.88. The molecule has 10 aromatic rings. The maximum atomic E-state index is 14.8. The van der Waals surface area contributed by atoms with Crippen LogP contribution in [0.1, 0.15) is 96.6 Å². The van der Waals surface area contributed by atoms with Crippen LogP contribution in [0.5, 0.6) is 0 Å². The number of ether oxygens (including phenoxy) is 2. The van der Waals surface area contributed by atoms with Gasteiger partial charge in [0.15, 0.2) is 5.41 Å². The molecule has 0 radical (unpaired) electrons. The number of carbonyl (C=O) groups excluding carboxylic acids is 2. The second-order valence-electron chi connectivity index (χ2n) is 17.7. The fraction of sp³-hybridized carbons (Fsp3) is 0.319. The Balaban J connectivity index is 1.24. The Labute approximate surface area is 289 Å². The molecule has 0 saturated heterocycles. The van der Waals surface area contributed by atoms with Crippen molar-refractivity contribution in [2.24, 2.45) is 11.3 Å². The van der Waals surface area contributed by atoms with Crippen molar-refractivity contribution in [2.75, 3.05) is 13.2 Å². The van der Waals surface area contributed by atoms with Crippen molar-refractivity contribution in [3.8, 4) is 0 Å². The van der Waals surface area contributed by atoms with Gasteiger partial charge in [0.2, 0.25) is 0 Å². The number of fused-ring (bicyclic) bond motifs is 4. The van der Waals surface area contributed by atoms with Crippen LogP contribution < -0.4 is 5.22 Å². The molecule has 0 aliphatic heterocycles. The number of benzene rings is 7. The van der Waals surface area contributed by atoms with Crippen LogP contribution in [0.3, 0.4) is 0 Å². The van der Waals surface area contributed by atoms with E-state index in [4.69, 9.17) is 9.47 Å². The summed E-state index contributed by atoms with van der Waals surface area (Å²) >= 11 is 0. The van der Waals surface area contributed by atoms with Gasteiger partial charge in [0.25, 0.3) is 0 Å². The molecule has 51 heavy (non-hydrogen) atoms. The van der Waals surface area contributed by atoms with Crippen molar-refractivity contribution < 1.29 is 19.1 Å². The Morgan fingerprint density at radius 3 is 2.08 bits per heavy atom. The van der Waals surface area contributed by atoms with Gasteiger partial charge in [0.05, 0.1) is 13.2 Å². The minimum atomic E-state index is -1.31. The average molecular weight is 657 g/mol. The van der Waals surface area contributed by atoms with Crippen LogP contribution in [-0.2, 0) is 24.5 Å². The standard InChI is InChI=1S/C47H28O4/c1-3-50-44(48)47(45(49)51-4-2)23-13-21-20-10-9-17-16-6-5-14-15-7-8-18-19-11-12-22-32-30(19)35-27(18)26(15)33-24(14)25(16)34-28(17)29(20)36-31(21)43(46(22,23)47)42(32)41-39(35)37(33)38(34)40(36)41/h5-7,9-10,18-19,21-23H,3-4,8,11-13H2,1-2H3/t18?,19?,21?,22?,23?,46-/m0/s1. The third-order valence-electron chi connectivity index (χ3n) is 17.1. The highest BCUT2D eigenvalue weighted by atomic mass is 16.6. The van der Waals surface area contributed by atoms with E-state index in [-0.39, 0.29) is 42.9 Å².